The number of rotatable bonds is 4. The van der Waals surface area contributed by atoms with Crippen LogP contribution >= 0.6 is 23.2 Å². The number of hydrogen-bond donors (Lipinski definition) is 1. The number of carbonyl (C=O) groups excluding carboxylic acids is 1. The second-order valence-electron chi connectivity index (χ2n) is 7.72. The van der Waals surface area contributed by atoms with Gasteiger partial charge in [0.15, 0.2) is 0 Å². The van der Waals surface area contributed by atoms with Crippen LogP contribution in [0.2, 0.25) is 10.2 Å². The third kappa shape index (κ3) is 3.79. The summed E-state index contributed by atoms with van der Waals surface area (Å²) in [5.74, 6) is -0.146. The molecule has 4 rings (SSSR count). The number of nitrogens with zero attached hydrogens (tertiary/aromatic N) is 3. The maximum absolute atomic E-state index is 13.3. The van der Waals surface area contributed by atoms with Gasteiger partial charge < -0.3 is 10.0 Å². The van der Waals surface area contributed by atoms with Crippen molar-refractivity contribution in [1.82, 2.24) is 14.7 Å². The lowest BCUT2D eigenvalue weighted by molar-refractivity contribution is -0.133. The minimum absolute atomic E-state index is 0.0423. The van der Waals surface area contributed by atoms with E-state index in [1.807, 2.05) is 13.0 Å². The first-order valence-electron chi connectivity index (χ1n) is 9.87. The summed E-state index contributed by atoms with van der Waals surface area (Å²) < 4.78 is 27.7. The molecule has 0 fully saturated rings. The minimum atomic E-state index is -2.87. The Morgan fingerprint density at radius 1 is 1.29 bits per heavy atom. The van der Waals surface area contributed by atoms with Crippen LogP contribution in [-0.2, 0) is 24.7 Å². The highest BCUT2D eigenvalue weighted by atomic mass is 35.5. The maximum Gasteiger partial charge on any atom is 0.268 e. The van der Waals surface area contributed by atoms with E-state index in [0.717, 1.165) is 5.56 Å². The third-order valence-electron chi connectivity index (χ3n) is 5.96. The predicted octanol–water partition coefficient (Wildman–Crippen LogP) is 4.87. The van der Waals surface area contributed by atoms with Gasteiger partial charge in [-0.15, -0.1) is 0 Å². The first-order chi connectivity index (χ1) is 14.7. The summed E-state index contributed by atoms with van der Waals surface area (Å²) in [7, 11) is 1.72. The normalized spacial score (nSPS) is 17.3. The summed E-state index contributed by atoms with van der Waals surface area (Å²) in [6.07, 6.45) is -4.28. The van der Waals surface area contributed by atoms with E-state index in [-0.39, 0.29) is 23.9 Å². The zero-order valence-electron chi connectivity index (χ0n) is 16.9. The first-order valence-corrected chi connectivity index (χ1v) is 10.6. The van der Waals surface area contributed by atoms with Crippen LogP contribution in [0.1, 0.15) is 41.3 Å². The fourth-order valence-electron chi connectivity index (χ4n) is 4.37. The Morgan fingerprint density at radius 2 is 2.03 bits per heavy atom. The molecular formula is C22H21Cl2F2N3O2. The maximum atomic E-state index is 13.3. The molecule has 9 heteroatoms. The molecule has 2 atom stereocenters. The molecular weight excluding hydrogens is 447 g/mol. The van der Waals surface area contributed by atoms with Gasteiger partial charge in [-0.2, -0.15) is 5.10 Å². The predicted molar refractivity (Wildman–Crippen MR) is 116 cm³/mol. The molecule has 1 aliphatic rings. The van der Waals surface area contributed by atoms with Crippen molar-refractivity contribution in [2.24, 2.45) is 7.05 Å². The second kappa shape index (κ2) is 8.37. The molecule has 2 heterocycles. The quantitative estimate of drug-likeness (QED) is 0.595. The highest BCUT2D eigenvalue weighted by molar-refractivity contribution is 6.37. The number of alkyl halides is 2. The SMILES string of the molecule is C[C@H]1c2cccc([C@@H](O)C(F)F)c2CCN1C(=O)Cc1c(Cl)ccc2nn(C)c(Cl)c12. The number of aliphatic hydroxyl groups is 1. The van der Waals surface area contributed by atoms with E-state index in [1.54, 1.807) is 30.1 Å². The Bertz CT molecular complexity index is 1170. The van der Waals surface area contributed by atoms with Gasteiger partial charge in [-0.1, -0.05) is 41.4 Å². The van der Waals surface area contributed by atoms with E-state index in [2.05, 4.69) is 5.10 Å². The molecule has 0 bridgehead atoms. The van der Waals surface area contributed by atoms with Gasteiger partial charge in [0, 0.05) is 24.0 Å². The molecule has 1 N–H and O–H groups in total. The monoisotopic (exact) mass is 467 g/mol. The Labute approximate surface area is 188 Å². The molecule has 0 radical (unpaired) electrons. The molecule has 0 spiro atoms. The Kier molecular flexibility index (Phi) is 5.94. The van der Waals surface area contributed by atoms with Crippen LogP contribution in [0, 0.1) is 0 Å². The zero-order chi connectivity index (χ0) is 22.4. The van der Waals surface area contributed by atoms with Crippen molar-refractivity contribution in [3.05, 3.63) is 62.8 Å². The van der Waals surface area contributed by atoms with Crippen LogP contribution in [0.3, 0.4) is 0 Å². The summed E-state index contributed by atoms with van der Waals surface area (Å²) >= 11 is 12.8. The van der Waals surface area contributed by atoms with Gasteiger partial charge in [0.05, 0.1) is 18.0 Å². The van der Waals surface area contributed by atoms with E-state index >= 15 is 0 Å². The fourth-order valence-corrected chi connectivity index (χ4v) is 4.84. The topological polar surface area (TPSA) is 58.4 Å². The highest BCUT2D eigenvalue weighted by Gasteiger charge is 2.32. The minimum Gasteiger partial charge on any atom is -0.382 e. The van der Waals surface area contributed by atoms with Gasteiger partial charge in [0.1, 0.15) is 11.3 Å². The lowest BCUT2D eigenvalue weighted by Gasteiger charge is -2.37. The molecule has 2 aromatic carbocycles. The summed E-state index contributed by atoms with van der Waals surface area (Å²) in [6, 6.07) is 8.09. The van der Waals surface area contributed by atoms with Crippen LogP contribution in [-0.4, -0.2) is 38.7 Å². The van der Waals surface area contributed by atoms with Crippen molar-refractivity contribution >= 4 is 40.0 Å². The van der Waals surface area contributed by atoms with Crippen LogP contribution in [0.25, 0.3) is 10.9 Å². The molecule has 31 heavy (non-hydrogen) atoms. The van der Waals surface area contributed by atoms with Crippen molar-refractivity contribution in [2.75, 3.05) is 6.54 Å². The largest absolute Gasteiger partial charge is 0.382 e. The van der Waals surface area contributed by atoms with Crippen LogP contribution in [0.5, 0.6) is 0 Å². The van der Waals surface area contributed by atoms with E-state index in [1.165, 1.54) is 10.7 Å². The van der Waals surface area contributed by atoms with Gasteiger partial charge in [-0.25, -0.2) is 8.78 Å². The number of hydrogen-bond acceptors (Lipinski definition) is 3. The number of carbonyl (C=O) groups is 1. The van der Waals surface area contributed by atoms with Gasteiger partial charge in [-0.3, -0.25) is 9.48 Å². The summed E-state index contributed by atoms with van der Waals surface area (Å²) in [4.78, 5) is 15.0. The molecule has 0 saturated carbocycles. The van der Waals surface area contributed by atoms with E-state index in [9.17, 15) is 18.7 Å². The summed E-state index contributed by atoms with van der Waals surface area (Å²) in [5, 5.41) is 15.7. The number of aryl methyl sites for hydroxylation is 1. The van der Waals surface area contributed by atoms with Crippen LogP contribution in [0.4, 0.5) is 8.78 Å². The van der Waals surface area contributed by atoms with Crippen LogP contribution < -0.4 is 0 Å². The lowest BCUT2D eigenvalue weighted by Crippen LogP contribution is -2.40. The molecule has 0 unspecified atom stereocenters. The summed E-state index contributed by atoms with van der Waals surface area (Å²) in [5.41, 5.74) is 2.94. The second-order valence-corrected chi connectivity index (χ2v) is 8.48. The number of halogens is 4. The molecule has 1 aliphatic heterocycles. The van der Waals surface area contributed by atoms with Crippen molar-refractivity contribution < 1.29 is 18.7 Å². The molecule has 1 amide bonds. The van der Waals surface area contributed by atoms with E-state index in [0.29, 0.717) is 45.2 Å². The molecule has 0 aliphatic carbocycles. The molecule has 164 valence electrons. The van der Waals surface area contributed by atoms with Crippen molar-refractivity contribution in [2.45, 2.75) is 38.3 Å². The van der Waals surface area contributed by atoms with Gasteiger partial charge in [0.2, 0.25) is 5.91 Å². The Morgan fingerprint density at radius 3 is 2.74 bits per heavy atom. The highest BCUT2D eigenvalue weighted by Crippen LogP contribution is 2.37. The van der Waals surface area contributed by atoms with E-state index in [4.69, 9.17) is 23.2 Å². The fraction of sp³-hybridized carbons (Fsp3) is 0.364. The van der Waals surface area contributed by atoms with Crippen LogP contribution in [0.15, 0.2) is 30.3 Å². The number of benzene rings is 2. The van der Waals surface area contributed by atoms with Gasteiger partial charge >= 0.3 is 0 Å². The van der Waals surface area contributed by atoms with Crippen molar-refractivity contribution in [3.63, 3.8) is 0 Å². The lowest BCUT2D eigenvalue weighted by atomic mass is 9.87. The summed E-state index contributed by atoms with van der Waals surface area (Å²) in [6.45, 7) is 2.21. The zero-order valence-corrected chi connectivity index (χ0v) is 18.5. The average molecular weight is 468 g/mol. The van der Waals surface area contributed by atoms with Crippen molar-refractivity contribution in [1.29, 1.82) is 0 Å². The number of aromatic nitrogens is 2. The smallest absolute Gasteiger partial charge is 0.268 e. The van der Waals surface area contributed by atoms with Gasteiger partial charge in [-0.05, 0) is 47.7 Å². The first kappa shape index (κ1) is 22.0. The molecule has 0 saturated heterocycles. The number of aliphatic hydroxyl groups excluding tert-OH is 1. The van der Waals surface area contributed by atoms with E-state index < -0.39 is 12.5 Å². The molecule has 1 aromatic heterocycles. The van der Waals surface area contributed by atoms with Crippen molar-refractivity contribution in [3.8, 4) is 0 Å². The number of fused-ring (bicyclic) bond motifs is 2. The van der Waals surface area contributed by atoms with Gasteiger partial charge in [0.25, 0.3) is 6.43 Å². The molecule has 5 nitrogen and oxygen atoms in total. The standard InChI is InChI=1S/C22H21Cl2F2N3O2/c1-11-12-4-3-5-14(20(31)22(25)26)13(12)8-9-29(11)18(30)10-15-16(23)6-7-17-19(15)21(24)28(2)27-17/h3-7,11,20,22,31H,8-10H2,1-2H3/t11-,20+/m0/s1. The third-order valence-corrected chi connectivity index (χ3v) is 6.74. The Hall–Kier alpha value is -2.22. The number of amides is 1. The average Bonchev–Trinajstić information content (AvgIpc) is 3.03. The Balaban J connectivity index is 1.65. The molecule has 3 aromatic rings.